The number of hydrogen-bond donors (Lipinski definition) is 0. The van der Waals surface area contributed by atoms with Gasteiger partial charge in [-0.3, -0.25) is 19.5 Å². The minimum Gasteiger partial charge on any atom is -0.268 e. The number of aryl methyl sites for hydroxylation is 1. The van der Waals surface area contributed by atoms with Crippen LogP contribution in [0.3, 0.4) is 0 Å². The van der Waals surface area contributed by atoms with Crippen LogP contribution in [-0.2, 0) is 0 Å². The predicted octanol–water partition coefficient (Wildman–Crippen LogP) is 2.94. The largest absolute Gasteiger partial charge is 0.272 e. The Hall–Kier alpha value is -3.02. The Morgan fingerprint density at radius 2 is 2.00 bits per heavy atom. The maximum Gasteiger partial charge on any atom is 0.272 e. The molecule has 0 fully saturated rings. The van der Waals surface area contributed by atoms with Gasteiger partial charge < -0.3 is 0 Å². The third-order valence-corrected chi connectivity index (χ3v) is 3.31. The van der Waals surface area contributed by atoms with Crippen LogP contribution in [0, 0.1) is 17.0 Å². The molecule has 0 unspecified atom stereocenters. The molecule has 0 amide bonds. The maximum atomic E-state index is 12.5. The topological polar surface area (TPSA) is 78.0 Å². The van der Waals surface area contributed by atoms with E-state index in [0.29, 0.717) is 16.6 Å². The van der Waals surface area contributed by atoms with E-state index in [-0.39, 0.29) is 11.6 Å². The molecule has 0 aliphatic heterocycles. The van der Waals surface area contributed by atoms with Gasteiger partial charge in [0.05, 0.1) is 16.0 Å². The first kappa shape index (κ1) is 13.0. The molecule has 21 heavy (non-hydrogen) atoms. The minimum atomic E-state index is -0.462. The van der Waals surface area contributed by atoms with Crippen molar-refractivity contribution in [2.24, 2.45) is 0 Å². The molecule has 0 bridgehead atoms. The molecule has 1 heterocycles. The second-order valence-electron chi connectivity index (χ2n) is 4.67. The zero-order chi connectivity index (χ0) is 15.0. The van der Waals surface area contributed by atoms with E-state index in [1.54, 1.807) is 13.0 Å². The van der Waals surface area contributed by atoms with Crippen molar-refractivity contribution in [3.8, 4) is 0 Å². The molecule has 0 radical (unpaired) electrons. The molecule has 1 aromatic heterocycles. The predicted molar refractivity (Wildman–Crippen MR) is 77.3 cm³/mol. The van der Waals surface area contributed by atoms with E-state index in [9.17, 15) is 14.9 Å². The molecule has 0 saturated heterocycles. The fraction of sp³-hybridized carbons (Fsp3) is 0.0667. The molecule has 3 aromatic rings. The molecular formula is C15H11N3O3. The number of nitrogens with zero attached hydrogens (tertiary/aromatic N) is 3. The lowest BCUT2D eigenvalue weighted by molar-refractivity contribution is -0.385. The highest BCUT2D eigenvalue weighted by Gasteiger charge is 2.16. The van der Waals surface area contributed by atoms with Gasteiger partial charge in [0.25, 0.3) is 11.6 Å². The molecule has 0 aliphatic rings. The molecule has 2 aromatic carbocycles. The number of carbonyl (C=O) groups excluding carboxylic acids is 1. The molecule has 6 nitrogen and oxygen atoms in total. The van der Waals surface area contributed by atoms with E-state index in [2.05, 4.69) is 4.98 Å². The Kier molecular flexibility index (Phi) is 2.98. The van der Waals surface area contributed by atoms with Crippen molar-refractivity contribution in [3.05, 3.63) is 70.0 Å². The number of aromatic nitrogens is 2. The van der Waals surface area contributed by atoms with Crippen LogP contribution in [0.5, 0.6) is 0 Å². The smallest absolute Gasteiger partial charge is 0.268 e. The third kappa shape index (κ3) is 2.16. The summed E-state index contributed by atoms with van der Waals surface area (Å²) in [7, 11) is 0. The molecule has 0 saturated carbocycles. The minimum absolute atomic E-state index is 0.00189. The normalized spacial score (nSPS) is 10.7. The van der Waals surface area contributed by atoms with Crippen LogP contribution in [0.25, 0.3) is 11.0 Å². The van der Waals surface area contributed by atoms with Crippen molar-refractivity contribution in [3.63, 3.8) is 0 Å². The Labute approximate surface area is 119 Å². The summed E-state index contributed by atoms with van der Waals surface area (Å²) in [5, 5.41) is 10.8. The zero-order valence-corrected chi connectivity index (χ0v) is 11.2. The average molecular weight is 281 g/mol. The summed E-state index contributed by atoms with van der Waals surface area (Å²) >= 11 is 0. The van der Waals surface area contributed by atoms with Gasteiger partial charge in [0.2, 0.25) is 0 Å². The van der Waals surface area contributed by atoms with E-state index >= 15 is 0 Å². The van der Waals surface area contributed by atoms with Crippen LogP contribution in [0.15, 0.2) is 48.8 Å². The summed E-state index contributed by atoms with van der Waals surface area (Å²) in [5.74, 6) is -0.262. The van der Waals surface area contributed by atoms with Gasteiger partial charge >= 0.3 is 0 Å². The highest BCUT2D eigenvalue weighted by atomic mass is 16.6. The number of nitro benzene ring substituents is 1. The van der Waals surface area contributed by atoms with Crippen LogP contribution >= 0.6 is 0 Å². The number of hydrogen-bond acceptors (Lipinski definition) is 4. The fourth-order valence-electron chi connectivity index (χ4n) is 2.25. The van der Waals surface area contributed by atoms with Gasteiger partial charge in [-0.05, 0) is 31.2 Å². The van der Waals surface area contributed by atoms with Crippen molar-refractivity contribution < 1.29 is 9.72 Å². The summed E-state index contributed by atoms with van der Waals surface area (Å²) in [4.78, 5) is 27.0. The van der Waals surface area contributed by atoms with Gasteiger partial charge in [0.15, 0.2) is 0 Å². The molecule has 0 aliphatic carbocycles. The van der Waals surface area contributed by atoms with E-state index in [4.69, 9.17) is 0 Å². The lowest BCUT2D eigenvalue weighted by atomic mass is 10.1. The summed E-state index contributed by atoms with van der Waals surface area (Å²) in [6, 6.07) is 11.6. The fourth-order valence-corrected chi connectivity index (χ4v) is 2.25. The molecule has 0 spiro atoms. The Morgan fingerprint density at radius 1 is 1.24 bits per heavy atom. The summed E-state index contributed by atoms with van der Waals surface area (Å²) < 4.78 is 1.44. The number of rotatable bonds is 2. The van der Waals surface area contributed by atoms with E-state index in [1.165, 1.54) is 29.1 Å². The number of carbonyl (C=O) groups is 1. The number of imidazole rings is 1. The molecule has 104 valence electrons. The summed E-state index contributed by atoms with van der Waals surface area (Å²) in [6.07, 6.45) is 1.46. The highest BCUT2D eigenvalue weighted by molar-refractivity contribution is 6.01. The molecular weight excluding hydrogens is 270 g/mol. The molecule has 0 N–H and O–H groups in total. The van der Waals surface area contributed by atoms with Gasteiger partial charge in [-0.25, -0.2) is 4.98 Å². The average Bonchev–Trinajstić information content (AvgIpc) is 2.90. The number of nitro groups is 1. The van der Waals surface area contributed by atoms with Gasteiger partial charge in [-0.15, -0.1) is 0 Å². The van der Waals surface area contributed by atoms with Crippen molar-refractivity contribution in [1.82, 2.24) is 9.55 Å². The SMILES string of the molecule is Cc1cc(C(=O)n2cnc3ccccc32)ccc1[N+](=O)[O-]. The van der Waals surface area contributed by atoms with Crippen LogP contribution in [0.4, 0.5) is 5.69 Å². The second-order valence-corrected chi connectivity index (χ2v) is 4.67. The lowest BCUT2D eigenvalue weighted by Crippen LogP contribution is -2.11. The number of benzene rings is 2. The van der Waals surface area contributed by atoms with Crippen LogP contribution < -0.4 is 0 Å². The quantitative estimate of drug-likeness (QED) is 0.534. The maximum absolute atomic E-state index is 12.5. The summed E-state index contributed by atoms with van der Waals surface area (Å²) in [6.45, 7) is 1.61. The van der Waals surface area contributed by atoms with Crippen LogP contribution in [0.2, 0.25) is 0 Å². The van der Waals surface area contributed by atoms with Crippen LogP contribution in [-0.4, -0.2) is 20.4 Å². The van der Waals surface area contributed by atoms with E-state index < -0.39 is 4.92 Å². The first-order valence-corrected chi connectivity index (χ1v) is 6.30. The van der Waals surface area contributed by atoms with E-state index in [1.807, 2.05) is 18.2 Å². The second kappa shape index (κ2) is 4.82. The Balaban J connectivity index is 2.06. The Bertz CT molecular complexity index is 867. The standard InChI is InChI=1S/C15H11N3O3/c1-10-8-11(6-7-13(10)18(20)21)15(19)17-9-16-12-4-2-3-5-14(12)17/h2-9H,1H3. The summed E-state index contributed by atoms with van der Waals surface area (Å²) in [5.41, 5.74) is 2.28. The van der Waals surface area contributed by atoms with Crippen molar-refractivity contribution >= 4 is 22.6 Å². The third-order valence-electron chi connectivity index (χ3n) is 3.31. The van der Waals surface area contributed by atoms with Crippen molar-refractivity contribution in [2.75, 3.05) is 0 Å². The van der Waals surface area contributed by atoms with Crippen LogP contribution in [0.1, 0.15) is 15.9 Å². The van der Waals surface area contributed by atoms with Gasteiger partial charge in [-0.2, -0.15) is 0 Å². The molecule has 3 rings (SSSR count). The van der Waals surface area contributed by atoms with E-state index in [0.717, 1.165) is 5.52 Å². The van der Waals surface area contributed by atoms with Gasteiger partial charge in [0.1, 0.15) is 6.33 Å². The zero-order valence-electron chi connectivity index (χ0n) is 11.2. The number of fused-ring (bicyclic) bond motifs is 1. The first-order chi connectivity index (χ1) is 10.1. The molecule has 0 atom stereocenters. The number of para-hydroxylation sites is 2. The van der Waals surface area contributed by atoms with Gasteiger partial charge in [0, 0.05) is 17.2 Å². The first-order valence-electron chi connectivity index (χ1n) is 6.30. The van der Waals surface area contributed by atoms with Gasteiger partial charge in [-0.1, -0.05) is 12.1 Å². The Morgan fingerprint density at radius 3 is 2.71 bits per heavy atom. The molecule has 6 heteroatoms. The monoisotopic (exact) mass is 281 g/mol. The highest BCUT2D eigenvalue weighted by Crippen LogP contribution is 2.20. The van der Waals surface area contributed by atoms with Crippen molar-refractivity contribution in [1.29, 1.82) is 0 Å². The van der Waals surface area contributed by atoms with Crippen molar-refractivity contribution in [2.45, 2.75) is 6.92 Å². The lowest BCUT2D eigenvalue weighted by Gasteiger charge is -2.04.